The Balaban J connectivity index is 2.86. The van der Waals surface area contributed by atoms with E-state index in [1.807, 2.05) is 37.3 Å². The minimum atomic E-state index is -0.141. The summed E-state index contributed by atoms with van der Waals surface area (Å²) in [5.74, 6) is -0.0876. The van der Waals surface area contributed by atoms with Gasteiger partial charge in [-0.2, -0.15) is 0 Å². The minimum Gasteiger partial charge on any atom is -0.395 e. The van der Waals surface area contributed by atoms with Crippen LogP contribution in [-0.4, -0.2) is 35.6 Å². The Morgan fingerprint density at radius 2 is 2.11 bits per heavy atom. The van der Waals surface area contributed by atoms with E-state index < -0.39 is 0 Å². The van der Waals surface area contributed by atoms with Gasteiger partial charge in [-0.05, 0) is 12.0 Å². The summed E-state index contributed by atoms with van der Waals surface area (Å²) >= 11 is 0. The molecule has 0 saturated carbocycles. The van der Waals surface area contributed by atoms with Gasteiger partial charge in [-0.25, -0.2) is 0 Å². The van der Waals surface area contributed by atoms with Crippen LogP contribution in [0.5, 0.6) is 0 Å². The maximum atomic E-state index is 12.4. The second-order valence-electron chi connectivity index (χ2n) is 4.17. The first-order valence-corrected chi connectivity index (χ1v) is 6.30. The van der Waals surface area contributed by atoms with Crippen LogP contribution in [0.1, 0.15) is 24.8 Å². The summed E-state index contributed by atoms with van der Waals surface area (Å²) in [6, 6.07) is 9.76. The summed E-state index contributed by atoms with van der Waals surface area (Å²) in [4.78, 5) is 14.1. The summed E-state index contributed by atoms with van der Waals surface area (Å²) in [5, 5.41) is 9.01. The molecule has 0 aromatic heterocycles. The normalized spacial score (nSPS) is 11.9. The standard InChI is InChI=1S/C15H21NO2/c1-3-10-16(11-12-17)15(18)14(4-2)13-8-6-5-7-9-13/h3,5-9,14,17H,1,4,10-12H2,2H3. The Bertz CT molecular complexity index is 375. The highest BCUT2D eigenvalue weighted by molar-refractivity contribution is 5.83. The number of rotatable bonds is 7. The topological polar surface area (TPSA) is 40.5 Å². The Morgan fingerprint density at radius 1 is 1.44 bits per heavy atom. The zero-order valence-corrected chi connectivity index (χ0v) is 10.9. The van der Waals surface area contributed by atoms with Gasteiger partial charge in [0.2, 0.25) is 5.91 Å². The van der Waals surface area contributed by atoms with Crippen molar-refractivity contribution >= 4 is 5.91 Å². The highest BCUT2D eigenvalue weighted by atomic mass is 16.3. The van der Waals surface area contributed by atoms with E-state index in [1.54, 1.807) is 11.0 Å². The van der Waals surface area contributed by atoms with Crippen molar-refractivity contribution < 1.29 is 9.90 Å². The lowest BCUT2D eigenvalue weighted by Crippen LogP contribution is -2.37. The fourth-order valence-corrected chi connectivity index (χ4v) is 2.03. The SMILES string of the molecule is C=CCN(CCO)C(=O)C(CC)c1ccccc1. The molecule has 0 aliphatic rings. The molecule has 3 heteroatoms. The molecule has 3 nitrogen and oxygen atoms in total. The van der Waals surface area contributed by atoms with Gasteiger partial charge in [0.15, 0.2) is 0 Å². The second-order valence-corrected chi connectivity index (χ2v) is 4.17. The molecule has 0 aliphatic heterocycles. The summed E-state index contributed by atoms with van der Waals surface area (Å²) < 4.78 is 0. The minimum absolute atomic E-state index is 0.0230. The average Bonchev–Trinajstić information content (AvgIpc) is 2.40. The molecule has 1 aromatic rings. The van der Waals surface area contributed by atoms with Gasteiger partial charge < -0.3 is 10.0 Å². The van der Waals surface area contributed by atoms with E-state index in [0.29, 0.717) is 13.1 Å². The number of aliphatic hydroxyl groups excluding tert-OH is 1. The highest BCUT2D eigenvalue weighted by Gasteiger charge is 2.23. The molecule has 1 aromatic carbocycles. The van der Waals surface area contributed by atoms with Gasteiger partial charge in [0.25, 0.3) is 0 Å². The predicted octanol–water partition coefficient (Wildman–Crippen LogP) is 2.19. The molecular weight excluding hydrogens is 226 g/mol. The molecule has 1 unspecified atom stereocenters. The summed E-state index contributed by atoms with van der Waals surface area (Å²) in [7, 11) is 0. The van der Waals surface area contributed by atoms with Crippen molar-refractivity contribution in [2.75, 3.05) is 19.7 Å². The monoisotopic (exact) mass is 247 g/mol. The van der Waals surface area contributed by atoms with Crippen molar-refractivity contribution in [3.63, 3.8) is 0 Å². The number of hydrogen-bond donors (Lipinski definition) is 1. The van der Waals surface area contributed by atoms with E-state index in [4.69, 9.17) is 5.11 Å². The van der Waals surface area contributed by atoms with Crippen LogP contribution in [0.15, 0.2) is 43.0 Å². The third kappa shape index (κ3) is 3.70. The second kappa shape index (κ2) is 7.67. The molecule has 1 N–H and O–H groups in total. The highest BCUT2D eigenvalue weighted by Crippen LogP contribution is 2.21. The summed E-state index contributed by atoms with van der Waals surface area (Å²) in [6.07, 6.45) is 2.44. The first kappa shape index (κ1) is 14.5. The van der Waals surface area contributed by atoms with Crippen molar-refractivity contribution in [3.8, 4) is 0 Å². The van der Waals surface area contributed by atoms with Crippen LogP contribution in [0.4, 0.5) is 0 Å². The quantitative estimate of drug-likeness (QED) is 0.750. The molecule has 0 saturated heterocycles. The van der Waals surface area contributed by atoms with Gasteiger partial charge >= 0.3 is 0 Å². The predicted molar refractivity (Wildman–Crippen MR) is 73.3 cm³/mol. The molecule has 0 radical (unpaired) electrons. The van der Waals surface area contributed by atoms with Gasteiger partial charge in [-0.3, -0.25) is 4.79 Å². The van der Waals surface area contributed by atoms with Crippen molar-refractivity contribution in [2.24, 2.45) is 0 Å². The largest absolute Gasteiger partial charge is 0.395 e. The molecule has 0 fully saturated rings. The van der Waals surface area contributed by atoms with E-state index in [0.717, 1.165) is 12.0 Å². The third-order valence-electron chi connectivity index (χ3n) is 2.94. The Kier molecular flexibility index (Phi) is 6.15. The van der Waals surface area contributed by atoms with Gasteiger partial charge in [-0.15, -0.1) is 6.58 Å². The van der Waals surface area contributed by atoms with Crippen LogP contribution in [-0.2, 0) is 4.79 Å². The molecule has 0 spiro atoms. The van der Waals surface area contributed by atoms with Crippen molar-refractivity contribution in [2.45, 2.75) is 19.3 Å². The third-order valence-corrected chi connectivity index (χ3v) is 2.94. The van der Waals surface area contributed by atoms with Crippen molar-refractivity contribution in [1.29, 1.82) is 0 Å². The molecular formula is C15H21NO2. The van der Waals surface area contributed by atoms with Crippen LogP contribution >= 0.6 is 0 Å². The van der Waals surface area contributed by atoms with Gasteiger partial charge in [-0.1, -0.05) is 43.3 Å². The molecule has 1 atom stereocenters. The molecule has 0 bridgehead atoms. The number of hydrogen-bond acceptors (Lipinski definition) is 2. The van der Waals surface area contributed by atoms with E-state index in [1.165, 1.54) is 0 Å². The molecule has 98 valence electrons. The number of carbonyl (C=O) groups is 1. The lowest BCUT2D eigenvalue weighted by molar-refractivity contribution is -0.132. The van der Waals surface area contributed by atoms with Gasteiger partial charge in [0.05, 0.1) is 12.5 Å². The zero-order valence-electron chi connectivity index (χ0n) is 10.9. The lowest BCUT2D eigenvalue weighted by atomic mass is 9.95. The number of benzene rings is 1. The maximum absolute atomic E-state index is 12.4. The van der Waals surface area contributed by atoms with Crippen LogP contribution in [0, 0.1) is 0 Å². The van der Waals surface area contributed by atoms with Crippen LogP contribution in [0.3, 0.4) is 0 Å². The fraction of sp³-hybridized carbons (Fsp3) is 0.400. The van der Waals surface area contributed by atoms with E-state index in [-0.39, 0.29) is 18.4 Å². The maximum Gasteiger partial charge on any atom is 0.230 e. The van der Waals surface area contributed by atoms with Gasteiger partial charge in [0, 0.05) is 13.1 Å². The van der Waals surface area contributed by atoms with Gasteiger partial charge in [0.1, 0.15) is 0 Å². The molecule has 0 aliphatic carbocycles. The fourth-order valence-electron chi connectivity index (χ4n) is 2.03. The Hall–Kier alpha value is -1.61. The molecule has 1 rings (SSSR count). The first-order chi connectivity index (χ1) is 8.74. The lowest BCUT2D eigenvalue weighted by Gasteiger charge is -2.25. The number of aliphatic hydroxyl groups is 1. The smallest absolute Gasteiger partial charge is 0.230 e. The van der Waals surface area contributed by atoms with Crippen LogP contribution in [0.25, 0.3) is 0 Å². The van der Waals surface area contributed by atoms with Crippen molar-refractivity contribution in [1.82, 2.24) is 4.90 Å². The number of carbonyl (C=O) groups excluding carboxylic acids is 1. The van der Waals surface area contributed by atoms with Crippen LogP contribution in [0.2, 0.25) is 0 Å². The summed E-state index contributed by atoms with van der Waals surface area (Å²) in [5.41, 5.74) is 1.03. The van der Waals surface area contributed by atoms with E-state index in [9.17, 15) is 4.79 Å². The Morgan fingerprint density at radius 3 is 2.61 bits per heavy atom. The average molecular weight is 247 g/mol. The zero-order chi connectivity index (χ0) is 13.4. The summed E-state index contributed by atoms with van der Waals surface area (Å²) in [6.45, 7) is 6.46. The Labute approximate surface area is 109 Å². The van der Waals surface area contributed by atoms with E-state index >= 15 is 0 Å². The molecule has 0 heterocycles. The number of nitrogens with zero attached hydrogens (tertiary/aromatic N) is 1. The van der Waals surface area contributed by atoms with Crippen molar-refractivity contribution in [3.05, 3.63) is 48.6 Å². The molecule has 1 amide bonds. The molecule has 18 heavy (non-hydrogen) atoms. The first-order valence-electron chi connectivity index (χ1n) is 6.30. The number of amides is 1. The van der Waals surface area contributed by atoms with E-state index in [2.05, 4.69) is 6.58 Å². The van der Waals surface area contributed by atoms with Crippen LogP contribution < -0.4 is 0 Å².